The van der Waals surface area contributed by atoms with E-state index in [0.717, 1.165) is 12.5 Å². The smallest absolute Gasteiger partial charge is 0.0726 e. The summed E-state index contributed by atoms with van der Waals surface area (Å²) in [5.41, 5.74) is 4.17. The van der Waals surface area contributed by atoms with Crippen LogP contribution in [0.5, 0.6) is 0 Å². The quantitative estimate of drug-likeness (QED) is 0.0666. The predicted octanol–water partition coefficient (Wildman–Crippen LogP) is 15.6. The average Bonchev–Trinajstić information content (AvgIpc) is 3.69. The minimum atomic E-state index is 0.756. The van der Waals surface area contributed by atoms with E-state index in [1.807, 2.05) is 22.7 Å². The van der Waals surface area contributed by atoms with Crippen LogP contribution in [-0.2, 0) is 6.54 Å². The lowest BCUT2D eigenvalue weighted by Gasteiger charge is -2.19. The molecule has 5 heteroatoms. The topological polar surface area (TPSA) is 4.93 Å². The molecule has 3 heterocycles. The summed E-state index contributed by atoms with van der Waals surface area (Å²) in [6, 6.07) is 13.9. The molecule has 1 unspecified atom stereocenters. The van der Waals surface area contributed by atoms with Crippen molar-refractivity contribution in [2.75, 3.05) is 0 Å². The summed E-state index contributed by atoms with van der Waals surface area (Å²) in [4.78, 5) is 1.34. The number of hydrogen-bond acceptors (Lipinski definition) is 2. The number of fused-ring (bicyclic) bond motifs is 3. The van der Waals surface area contributed by atoms with Crippen molar-refractivity contribution in [2.24, 2.45) is 5.92 Å². The van der Waals surface area contributed by atoms with Gasteiger partial charge >= 0.3 is 0 Å². The molecule has 0 amide bonds. The molecule has 238 valence electrons. The van der Waals surface area contributed by atoms with Crippen LogP contribution in [0.25, 0.3) is 31.6 Å². The lowest BCUT2D eigenvalue weighted by atomic mass is 9.93. The van der Waals surface area contributed by atoms with Crippen LogP contribution in [-0.4, -0.2) is 4.57 Å². The zero-order valence-electron chi connectivity index (χ0n) is 26.9. The monoisotopic (exact) mass is 747 g/mol. The molecule has 0 bridgehead atoms. The van der Waals surface area contributed by atoms with Gasteiger partial charge in [0.25, 0.3) is 0 Å². The van der Waals surface area contributed by atoms with Gasteiger partial charge in [-0.15, -0.1) is 22.7 Å². The van der Waals surface area contributed by atoms with Crippen LogP contribution in [0, 0.1) is 5.92 Å². The second-order valence-electron chi connectivity index (χ2n) is 12.8. The van der Waals surface area contributed by atoms with Crippen molar-refractivity contribution in [1.82, 2.24) is 4.57 Å². The second kappa shape index (κ2) is 19.8. The third-order valence-corrected chi connectivity index (χ3v) is 12.6. The highest BCUT2D eigenvalue weighted by Gasteiger charge is 2.18. The van der Waals surface area contributed by atoms with Crippen LogP contribution in [0.1, 0.15) is 142 Å². The highest BCUT2D eigenvalue weighted by Crippen LogP contribution is 2.41. The number of hydrogen-bond donors (Lipinski definition) is 0. The van der Waals surface area contributed by atoms with Gasteiger partial charge in [-0.25, -0.2) is 0 Å². The van der Waals surface area contributed by atoms with E-state index >= 15 is 0 Å². The summed E-state index contributed by atoms with van der Waals surface area (Å²) in [7, 11) is 0. The molecule has 0 aliphatic rings. The first-order valence-corrected chi connectivity index (χ1v) is 20.8. The average molecular weight is 750 g/mol. The molecule has 0 N–H and O–H groups in total. The lowest BCUT2D eigenvalue weighted by molar-refractivity contribution is 0.364. The first-order valence-electron chi connectivity index (χ1n) is 17.6. The number of aromatic nitrogens is 1. The van der Waals surface area contributed by atoms with Crippen molar-refractivity contribution in [2.45, 2.75) is 149 Å². The molecule has 0 aliphatic heterocycles. The van der Waals surface area contributed by atoms with E-state index in [1.54, 1.807) is 0 Å². The van der Waals surface area contributed by atoms with Gasteiger partial charge in [-0.1, -0.05) is 142 Å². The van der Waals surface area contributed by atoms with Crippen molar-refractivity contribution >= 4 is 75.7 Å². The Morgan fingerprint density at radius 1 is 0.581 bits per heavy atom. The molecule has 0 saturated carbocycles. The fourth-order valence-corrected chi connectivity index (χ4v) is 9.72. The van der Waals surface area contributed by atoms with Gasteiger partial charge in [-0.2, -0.15) is 0 Å². The third-order valence-electron chi connectivity index (χ3n) is 9.24. The number of thiophene rings is 2. The van der Waals surface area contributed by atoms with Gasteiger partial charge in [0.1, 0.15) is 0 Å². The molecular weight excluding hydrogens is 694 g/mol. The Morgan fingerprint density at radius 2 is 1.14 bits per heavy atom. The SMILES string of the molecule is CCCCCCCCCCCCC(CCCCCCCCCC)Cn1c2cc(-c3ccc(Br)s3)ccc2c2sc(Br)cc21. The second-order valence-corrected chi connectivity index (χ2v) is 17.7. The molecule has 0 spiro atoms. The fraction of sp³-hybridized carbons (Fsp3) is 0.632. The summed E-state index contributed by atoms with van der Waals surface area (Å²) in [6.45, 7) is 5.77. The van der Waals surface area contributed by atoms with Crippen LogP contribution in [0.3, 0.4) is 0 Å². The Balaban J connectivity index is 1.40. The maximum atomic E-state index is 3.82. The molecule has 4 aromatic rings. The number of halogens is 2. The van der Waals surface area contributed by atoms with Crippen LogP contribution < -0.4 is 0 Å². The number of benzene rings is 1. The zero-order valence-corrected chi connectivity index (χ0v) is 31.7. The molecular formula is C38H55Br2NS2. The highest BCUT2D eigenvalue weighted by atomic mass is 79.9. The molecule has 0 aliphatic carbocycles. The van der Waals surface area contributed by atoms with Gasteiger partial charge in [0.05, 0.1) is 23.3 Å². The van der Waals surface area contributed by atoms with E-state index in [2.05, 4.69) is 86.7 Å². The zero-order chi connectivity index (χ0) is 30.3. The Kier molecular flexibility index (Phi) is 16.2. The van der Waals surface area contributed by atoms with Gasteiger partial charge in [-0.05, 0) is 80.4 Å². The Morgan fingerprint density at radius 3 is 1.67 bits per heavy atom. The molecule has 1 aromatic carbocycles. The Labute approximate surface area is 287 Å². The van der Waals surface area contributed by atoms with Crippen molar-refractivity contribution in [1.29, 1.82) is 0 Å². The van der Waals surface area contributed by atoms with Gasteiger partial charge < -0.3 is 4.57 Å². The maximum Gasteiger partial charge on any atom is 0.0726 e. The van der Waals surface area contributed by atoms with Crippen molar-refractivity contribution < 1.29 is 0 Å². The predicted molar refractivity (Wildman–Crippen MR) is 203 cm³/mol. The summed E-state index contributed by atoms with van der Waals surface area (Å²) in [5, 5.41) is 1.41. The van der Waals surface area contributed by atoms with E-state index in [9.17, 15) is 0 Å². The first-order chi connectivity index (χ1) is 21.1. The molecule has 3 aromatic heterocycles. The lowest BCUT2D eigenvalue weighted by Crippen LogP contribution is -2.11. The number of nitrogens with zero attached hydrogens (tertiary/aromatic N) is 1. The van der Waals surface area contributed by atoms with E-state index < -0.39 is 0 Å². The van der Waals surface area contributed by atoms with Crippen LogP contribution in [0.2, 0.25) is 0 Å². The number of unbranched alkanes of at least 4 members (excludes halogenated alkanes) is 16. The molecule has 43 heavy (non-hydrogen) atoms. The third kappa shape index (κ3) is 11.3. The van der Waals surface area contributed by atoms with E-state index in [1.165, 1.54) is 168 Å². The molecule has 1 atom stereocenters. The van der Waals surface area contributed by atoms with E-state index in [0.29, 0.717) is 0 Å². The summed E-state index contributed by atoms with van der Waals surface area (Å²) >= 11 is 11.2. The normalized spacial score (nSPS) is 12.7. The summed E-state index contributed by atoms with van der Waals surface area (Å²) in [5.74, 6) is 0.756. The Hall–Kier alpha value is -0.620. The molecule has 1 nitrogen and oxygen atoms in total. The Bertz CT molecular complexity index is 1330. The minimum absolute atomic E-state index is 0.756. The van der Waals surface area contributed by atoms with Crippen LogP contribution >= 0.6 is 54.5 Å². The van der Waals surface area contributed by atoms with Gasteiger partial charge in [0, 0.05) is 16.8 Å². The van der Waals surface area contributed by atoms with Crippen molar-refractivity contribution in [3.63, 3.8) is 0 Å². The maximum absolute atomic E-state index is 3.82. The number of rotatable bonds is 23. The molecule has 0 saturated heterocycles. The highest BCUT2D eigenvalue weighted by molar-refractivity contribution is 9.11. The van der Waals surface area contributed by atoms with E-state index in [4.69, 9.17) is 0 Å². The molecule has 0 fully saturated rings. The van der Waals surface area contributed by atoms with Crippen LogP contribution in [0.4, 0.5) is 0 Å². The van der Waals surface area contributed by atoms with Crippen molar-refractivity contribution in [3.8, 4) is 10.4 Å². The van der Waals surface area contributed by atoms with Crippen LogP contribution in [0.15, 0.2) is 44.0 Å². The minimum Gasteiger partial charge on any atom is -0.339 e. The van der Waals surface area contributed by atoms with Crippen molar-refractivity contribution in [3.05, 3.63) is 44.0 Å². The summed E-state index contributed by atoms with van der Waals surface area (Å²) < 4.78 is 6.56. The van der Waals surface area contributed by atoms with Gasteiger partial charge in [0.2, 0.25) is 0 Å². The molecule has 0 radical (unpaired) electrons. The summed E-state index contributed by atoms with van der Waals surface area (Å²) in [6.07, 6.45) is 28.2. The van der Waals surface area contributed by atoms with E-state index in [-0.39, 0.29) is 0 Å². The fourth-order valence-electron chi connectivity index (χ4n) is 6.71. The first kappa shape index (κ1) is 35.2. The van der Waals surface area contributed by atoms with Gasteiger partial charge in [-0.3, -0.25) is 0 Å². The standard InChI is InChI=1S/C38H55Br2NS2/c1-3-5-7-9-11-13-14-16-18-20-22-30(21-19-17-15-12-10-8-6-4-2)29-41-33-27-31(35-25-26-36(39)42-35)23-24-32(33)38-34(41)28-37(40)43-38/h23-28,30H,3-22,29H2,1-2H3. The largest absolute Gasteiger partial charge is 0.339 e. The van der Waals surface area contributed by atoms with Gasteiger partial charge in [0.15, 0.2) is 0 Å². The molecule has 4 rings (SSSR count).